The Labute approximate surface area is 157 Å². The molecule has 140 valence electrons. The average Bonchev–Trinajstić information content (AvgIpc) is 3.26. The van der Waals surface area contributed by atoms with Gasteiger partial charge in [-0.2, -0.15) is 0 Å². The topological polar surface area (TPSA) is 69.9 Å². The molecule has 27 heavy (non-hydrogen) atoms. The van der Waals surface area contributed by atoms with E-state index in [4.69, 9.17) is 18.6 Å². The summed E-state index contributed by atoms with van der Waals surface area (Å²) in [5.74, 6) is 1.81. The number of furan rings is 1. The van der Waals surface area contributed by atoms with Crippen LogP contribution in [0.2, 0.25) is 0 Å². The molecule has 6 nitrogen and oxygen atoms in total. The van der Waals surface area contributed by atoms with Crippen LogP contribution in [0.4, 0.5) is 5.69 Å². The molecule has 0 fully saturated rings. The Morgan fingerprint density at radius 1 is 0.963 bits per heavy atom. The first kappa shape index (κ1) is 18.4. The predicted octanol–water partition coefficient (Wildman–Crippen LogP) is 4.25. The van der Waals surface area contributed by atoms with Crippen molar-refractivity contribution < 1.29 is 23.4 Å². The second-order valence-electron chi connectivity index (χ2n) is 5.73. The molecule has 0 aliphatic carbocycles. The second kappa shape index (κ2) is 7.86. The quantitative estimate of drug-likeness (QED) is 0.630. The van der Waals surface area contributed by atoms with Gasteiger partial charge in [0.05, 0.1) is 27.6 Å². The van der Waals surface area contributed by atoms with Crippen molar-refractivity contribution >= 4 is 11.5 Å². The number of carbonyl (C=O) groups excluding carboxylic acids is 1. The van der Waals surface area contributed by atoms with Crippen LogP contribution in [-0.2, 0) is 0 Å². The van der Waals surface area contributed by atoms with Crippen LogP contribution in [0.1, 0.15) is 15.9 Å². The number of methoxy groups -OCH3 is 3. The molecule has 0 bridgehead atoms. The maximum absolute atomic E-state index is 13.3. The molecular weight excluding hydrogens is 346 g/mol. The highest BCUT2D eigenvalue weighted by Gasteiger charge is 2.20. The highest BCUT2D eigenvalue weighted by atomic mass is 16.5. The molecule has 0 radical (unpaired) electrons. The van der Waals surface area contributed by atoms with Crippen LogP contribution in [0.15, 0.2) is 53.1 Å². The first-order valence-corrected chi connectivity index (χ1v) is 8.33. The SMILES string of the molecule is CNc1ccc(-c2ccco2)cc1C(=O)c1cc(OC)c(OC)c(OC)c1. The van der Waals surface area contributed by atoms with E-state index >= 15 is 0 Å². The van der Waals surface area contributed by atoms with Crippen molar-refractivity contribution in [2.24, 2.45) is 0 Å². The molecule has 6 heteroatoms. The third-order valence-electron chi connectivity index (χ3n) is 4.27. The fraction of sp³-hybridized carbons (Fsp3) is 0.190. The van der Waals surface area contributed by atoms with Crippen molar-refractivity contribution in [2.45, 2.75) is 0 Å². The zero-order chi connectivity index (χ0) is 19.4. The van der Waals surface area contributed by atoms with Crippen LogP contribution in [0.25, 0.3) is 11.3 Å². The van der Waals surface area contributed by atoms with Crippen LogP contribution < -0.4 is 19.5 Å². The standard InChI is InChI=1S/C21H21NO5/c1-22-16-8-7-13(17-6-5-9-27-17)10-15(16)20(23)14-11-18(24-2)21(26-4)19(12-14)25-3/h5-12,22H,1-4H3. The predicted molar refractivity (Wildman–Crippen MR) is 103 cm³/mol. The van der Waals surface area contributed by atoms with Gasteiger partial charge in [0.2, 0.25) is 5.75 Å². The Bertz CT molecular complexity index is 922. The number of hydrogen-bond donors (Lipinski definition) is 1. The van der Waals surface area contributed by atoms with Gasteiger partial charge in [0, 0.05) is 29.4 Å². The first-order valence-electron chi connectivity index (χ1n) is 8.33. The molecule has 3 aromatic rings. The summed E-state index contributed by atoms with van der Waals surface area (Å²) in [5, 5.41) is 3.06. The lowest BCUT2D eigenvalue weighted by Gasteiger charge is -2.15. The monoisotopic (exact) mass is 367 g/mol. The molecule has 1 heterocycles. The summed E-state index contributed by atoms with van der Waals surface area (Å²) in [6.45, 7) is 0. The smallest absolute Gasteiger partial charge is 0.203 e. The van der Waals surface area contributed by atoms with E-state index in [9.17, 15) is 4.79 Å². The molecule has 0 atom stereocenters. The summed E-state index contributed by atoms with van der Waals surface area (Å²) < 4.78 is 21.5. The van der Waals surface area contributed by atoms with E-state index < -0.39 is 0 Å². The van der Waals surface area contributed by atoms with E-state index in [-0.39, 0.29) is 5.78 Å². The third-order valence-corrected chi connectivity index (χ3v) is 4.27. The number of benzene rings is 2. The number of hydrogen-bond acceptors (Lipinski definition) is 6. The summed E-state index contributed by atoms with van der Waals surface area (Å²) >= 11 is 0. The summed E-state index contributed by atoms with van der Waals surface area (Å²) in [6, 6.07) is 12.5. The van der Waals surface area contributed by atoms with Crippen LogP contribution in [0, 0.1) is 0 Å². The van der Waals surface area contributed by atoms with Gasteiger partial charge >= 0.3 is 0 Å². The molecule has 0 spiro atoms. The number of anilines is 1. The minimum absolute atomic E-state index is 0.174. The van der Waals surface area contributed by atoms with Crippen molar-refractivity contribution in [3.63, 3.8) is 0 Å². The molecule has 0 saturated carbocycles. The van der Waals surface area contributed by atoms with Gasteiger partial charge in [-0.3, -0.25) is 4.79 Å². The molecule has 2 aromatic carbocycles. The van der Waals surface area contributed by atoms with Crippen LogP contribution in [-0.4, -0.2) is 34.2 Å². The summed E-state index contributed by atoms with van der Waals surface area (Å²) in [4.78, 5) is 13.3. The lowest BCUT2D eigenvalue weighted by Crippen LogP contribution is -2.07. The van der Waals surface area contributed by atoms with Gasteiger partial charge in [0.15, 0.2) is 17.3 Å². The van der Waals surface area contributed by atoms with E-state index in [1.165, 1.54) is 21.3 Å². The summed E-state index contributed by atoms with van der Waals surface area (Å²) in [7, 11) is 6.33. The number of ketones is 1. The van der Waals surface area contributed by atoms with Gasteiger partial charge < -0.3 is 23.9 Å². The van der Waals surface area contributed by atoms with Gasteiger partial charge in [0.1, 0.15) is 5.76 Å². The Kier molecular flexibility index (Phi) is 5.35. The molecule has 0 aliphatic rings. The molecule has 0 aliphatic heterocycles. The van der Waals surface area contributed by atoms with E-state index in [0.717, 1.165) is 5.56 Å². The molecule has 1 aromatic heterocycles. The normalized spacial score (nSPS) is 10.4. The first-order chi connectivity index (χ1) is 13.1. The largest absolute Gasteiger partial charge is 0.493 e. The molecule has 3 rings (SSSR count). The van der Waals surface area contributed by atoms with Gasteiger partial charge in [-0.25, -0.2) is 0 Å². The summed E-state index contributed by atoms with van der Waals surface area (Å²) in [5.41, 5.74) is 2.47. The fourth-order valence-corrected chi connectivity index (χ4v) is 2.91. The van der Waals surface area contributed by atoms with Crippen LogP contribution in [0.5, 0.6) is 17.2 Å². The van der Waals surface area contributed by atoms with E-state index in [1.807, 2.05) is 24.3 Å². The lowest BCUT2D eigenvalue weighted by molar-refractivity contribution is 0.103. The number of carbonyl (C=O) groups is 1. The van der Waals surface area contributed by atoms with Crippen molar-refractivity contribution in [3.05, 3.63) is 59.9 Å². The highest BCUT2D eigenvalue weighted by molar-refractivity contribution is 6.13. The number of ether oxygens (including phenoxy) is 3. The van der Waals surface area contributed by atoms with E-state index in [0.29, 0.717) is 39.8 Å². The Morgan fingerprint density at radius 2 is 1.67 bits per heavy atom. The van der Waals surface area contributed by atoms with Crippen LogP contribution >= 0.6 is 0 Å². The maximum atomic E-state index is 13.3. The van der Waals surface area contributed by atoms with Crippen LogP contribution in [0.3, 0.4) is 0 Å². The lowest BCUT2D eigenvalue weighted by atomic mass is 9.98. The van der Waals surface area contributed by atoms with Gasteiger partial charge in [-0.15, -0.1) is 0 Å². The zero-order valence-electron chi connectivity index (χ0n) is 15.7. The molecular formula is C21H21NO5. The van der Waals surface area contributed by atoms with Gasteiger partial charge in [-0.05, 0) is 42.5 Å². The van der Waals surface area contributed by atoms with Gasteiger partial charge in [-0.1, -0.05) is 0 Å². The number of nitrogens with one attached hydrogen (secondary N) is 1. The minimum atomic E-state index is -0.174. The molecule has 0 unspecified atom stereocenters. The fourth-order valence-electron chi connectivity index (χ4n) is 2.91. The van der Waals surface area contributed by atoms with Crippen molar-refractivity contribution in [3.8, 4) is 28.6 Å². The Hall–Kier alpha value is -3.41. The Balaban J connectivity index is 2.11. The van der Waals surface area contributed by atoms with Crippen molar-refractivity contribution in [2.75, 3.05) is 33.7 Å². The number of rotatable bonds is 7. The summed E-state index contributed by atoms with van der Waals surface area (Å²) in [6.07, 6.45) is 1.60. The zero-order valence-corrected chi connectivity index (χ0v) is 15.7. The Morgan fingerprint density at radius 3 is 2.19 bits per heavy atom. The maximum Gasteiger partial charge on any atom is 0.203 e. The van der Waals surface area contributed by atoms with E-state index in [2.05, 4.69) is 5.32 Å². The minimum Gasteiger partial charge on any atom is -0.493 e. The van der Waals surface area contributed by atoms with Crippen molar-refractivity contribution in [1.29, 1.82) is 0 Å². The average molecular weight is 367 g/mol. The molecule has 1 N–H and O–H groups in total. The highest BCUT2D eigenvalue weighted by Crippen LogP contribution is 2.39. The van der Waals surface area contributed by atoms with Gasteiger partial charge in [0.25, 0.3) is 0 Å². The third kappa shape index (κ3) is 3.46. The van der Waals surface area contributed by atoms with E-state index in [1.54, 1.807) is 31.5 Å². The second-order valence-corrected chi connectivity index (χ2v) is 5.73. The van der Waals surface area contributed by atoms with Crippen molar-refractivity contribution in [1.82, 2.24) is 0 Å². The molecule has 0 amide bonds. The molecule has 0 saturated heterocycles.